The molecule has 0 fully saturated rings. The lowest BCUT2D eigenvalue weighted by atomic mass is 10.1. The van der Waals surface area contributed by atoms with Gasteiger partial charge in [0.15, 0.2) is 5.75 Å². The van der Waals surface area contributed by atoms with Crippen molar-refractivity contribution in [3.63, 3.8) is 0 Å². The quantitative estimate of drug-likeness (QED) is 0.668. The van der Waals surface area contributed by atoms with Gasteiger partial charge in [-0.15, -0.1) is 0 Å². The number of ether oxygens (including phenoxy) is 1. The Bertz CT molecular complexity index is 624. The average Bonchev–Trinajstić information content (AvgIpc) is 2.37. The minimum Gasteiger partial charge on any atom is -0.486 e. The third-order valence-corrected chi connectivity index (χ3v) is 3.47. The Balaban J connectivity index is 2.18. The monoisotopic (exact) mass is 364 g/mol. The minimum absolute atomic E-state index is 0.466. The summed E-state index contributed by atoms with van der Waals surface area (Å²) in [6.45, 7) is 2.51. The van der Waals surface area contributed by atoms with Crippen LogP contribution >= 0.6 is 22.6 Å². The average molecular weight is 364 g/mol. The molecule has 4 heteroatoms. The second-order valence-corrected chi connectivity index (χ2v) is 5.43. The summed E-state index contributed by atoms with van der Waals surface area (Å²) in [5.74, 6) is 0.640. The van der Waals surface area contributed by atoms with E-state index in [-0.39, 0.29) is 0 Å². The molecule has 0 heterocycles. The molecule has 96 valence electrons. The van der Waals surface area contributed by atoms with Gasteiger partial charge in [-0.05, 0) is 47.2 Å². The van der Waals surface area contributed by atoms with Gasteiger partial charge in [0.05, 0.1) is 20.9 Å². The van der Waals surface area contributed by atoms with Crippen LogP contribution in [-0.2, 0) is 6.61 Å². The maximum atomic E-state index is 8.87. The predicted octanol–water partition coefficient (Wildman–Crippen LogP) is 3.63. The first-order chi connectivity index (χ1) is 9.10. The number of hydrogen-bond acceptors (Lipinski definition) is 3. The number of aryl methyl sites for hydroxylation is 1. The van der Waals surface area contributed by atoms with Crippen LogP contribution in [0.3, 0.4) is 0 Å². The van der Waals surface area contributed by atoms with E-state index in [1.807, 2.05) is 25.1 Å². The number of nitrogens with two attached hydrogens (primary N) is 1. The summed E-state index contributed by atoms with van der Waals surface area (Å²) in [5, 5.41) is 8.87. The first-order valence-electron chi connectivity index (χ1n) is 5.77. The van der Waals surface area contributed by atoms with Crippen LogP contribution in [0.1, 0.15) is 16.7 Å². The van der Waals surface area contributed by atoms with Crippen LogP contribution in [0.25, 0.3) is 0 Å². The van der Waals surface area contributed by atoms with Crippen LogP contribution in [0.2, 0.25) is 0 Å². The fourth-order valence-corrected chi connectivity index (χ4v) is 2.59. The van der Waals surface area contributed by atoms with Gasteiger partial charge >= 0.3 is 0 Å². The Morgan fingerprint density at radius 2 is 2.11 bits per heavy atom. The number of halogens is 1. The highest BCUT2D eigenvalue weighted by Gasteiger charge is 2.08. The lowest BCUT2D eigenvalue weighted by Gasteiger charge is -2.11. The van der Waals surface area contributed by atoms with E-state index in [4.69, 9.17) is 15.7 Å². The Morgan fingerprint density at radius 3 is 2.74 bits per heavy atom. The van der Waals surface area contributed by atoms with E-state index in [0.717, 1.165) is 9.13 Å². The molecule has 0 atom stereocenters. The van der Waals surface area contributed by atoms with E-state index in [1.165, 1.54) is 5.56 Å². The van der Waals surface area contributed by atoms with Crippen LogP contribution in [0.4, 0.5) is 5.69 Å². The molecule has 0 unspecified atom stereocenters. The summed E-state index contributed by atoms with van der Waals surface area (Å²) in [4.78, 5) is 0. The minimum atomic E-state index is 0.466. The molecule has 0 saturated carbocycles. The zero-order valence-electron chi connectivity index (χ0n) is 10.5. The van der Waals surface area contributed by atoms with Crippen molar-refractivity contribution < 1.29 is 4.74 Å². The van der Waals surface area contributed by atoms with Crippen LogP contribution < -0.4 is 10.5 Å². The lowest BCUT2D eigenvalue weighted by Crippen LogP contribution is -2.01. The summed E-state index contributed by atoms with van der Waals surface area (Å²) < 4.78 is 6.62. The largest absolute Gasteiger partial charge is 0.486 e. The Morgan fingerprint density at radius 1 is 1.32 bits per heavy atom. The first-order valence-corrected chi connectivity index (χ1v) is 6.85. The highest BCUT2D eigenvalue weighted by atomic mass is 127. The van der Waals surface area contributed by atoms with Gasteiger partial charge in [-0.25, -0.2) is 0 Å². The van der Waals surface area contributed by atoms with Crippen molar-refractivity contribution in [2.45, 2.75) is 13.5 Å². The third-order valence-electron chi connectivity index (χ3n) is 2.67. The van der Waals surface area contributed by atoms with Crippen molar-refractivity contribution in [2.75, 3.05) is 5.73 Å². The fourth-order valence-electron chi connectivity index (χ4n) is 1.79. The Labute approximate surface area is 126 Å². The summed E-state index contributed by atoms with van der Waals surface area (Å²) >= 11 is 2.13. The number of hydrogen-bond donors (Lipinski definition) is 1. The number of nitriles is 1. The normalized spacial score (nSPS) is 9.95. The molecule has 0 aliphatic rings. The van der Waals surface area contributed by atoms with E-state index in [0.29, 0.717) is 23.6 Å². The van der Waals surface area contributed by atoms with Crippen molar-refractivity contribution >= 4 is 28.3 Å². The van der Waals surface area contributed by atoms with E-state index >= 15 is 0 Å². The Hall–Kier alpha value is -1.74. The van der Waals surface area contributed by atoms with Gasteiger partial charge in [0.2, 0.25) is 0 Å². The third kappa shape index (κ3) is 3.38. The zero-order valence-corrected chi connectivity index (χ0v) is 12.6. The number of nitrogens with zero attached hydrogens (tertiary/aromatic N) is 1. The van der Waals surface area contributed by atoms with Crippen molar-refractivity contribution in [3.05, 3.63) is 56.7 Å². The van der Waals surface area contributed by atoms with Crippen molar-refractivity contribution in [1.29, 1.82) is 5.26 Å². The molecule has 19 heavy (non-hydrogen) atoms. The molecule has 0 amide bonds. The van der Waals surface area contributed by atoms with Gasteiger partial charge in [0.1, 0.15) is 6.61 Å². The predicted molar refractivity (Wildman–Crippen MR) is 83.8 cm³/mol. The molecule has 2 rings (SSSR count). The highest BCUT2D eigenvalue weighted by Crippen LogP contribution is 2.30. The van der Waals surface area contributed by atoms with Crippen LogP contribution in [-0.4, -0.2) is 0 Å². The molecule has 2 N–H and O–H groups in total. The molecule has 0 bridgehead atoms. The van der Waals surface area contributed by atoms with E-state index in [2.05, 4.69) is 34.7 Å². The molecule has 2 aromatic carbocycles. The van der Waals surface area contributed by atoms with E-state index in [9.17, 15) is 0 Å². The lowest BCUT2D eigenvalue weighted by molar-refractivity contribution is 0.305. The number of benzene rings is 2. The maximum absolute atomic E-state index is 8.87. The summed E-state index contributed by atoms with van der Waals surface area (Å²) in [7, 11) is 0. The molecule has 0 saturated heterocycles. The first kappa shape index (κ1) is 13.7. The molecule has 2 aromatic rings. The topological polar surface area (TPSA) is 59.0 Å². The molecule has 0 spiro atoms. The standard InChI is InChI=1S/C15H13IN2O/c1-10-3-2-4-11(5-10)9-19-15-13(16)6-12(8-17)7-14(15)18/h2-7H,9,18H2,1H3. The molecule has 0 aliphatic carbocycles. The number of nitrogen functional groups attached to an aromatic ring is 1. The second kappa shape index (κ2) is 5.93. The second-order valence-electron chi connectivity index (χ2n) is 4.27. The SMILES string of the molecule is Cc1cccc(COc2c(N)cc(C#N)cc2I)c1. The van der Waals surface area contributed by atoms with Gasteiger partial charge in [-0.2, -0.15) is 5.26 Å². The van der Waals surface area contributed by atoms with Gasteiger partial charge in [-0.1, -0.05) is 29.8 Å². The van der Waals surface area contributed by atoms with Crippen molar-refractivity contribution in [2.24, 2.45) is 0 Å². The Kier molecular flexibility index (Phi) is 4.27. The summed E-state index contributed by atoms with van der Waals surface area (Å²) in [5.41, 5.74) is 9.25. The van der Waals surface area contributed by atoms with Crippen LogP contribution in [0, 0.1) is 21.8 Å². The number of anilines is 1. The fraction of sp³-hybridized carbons (Fsp3) is 0.133. The zero-order chi connectivity index (χ0) is 13.8. The summed E-state index contributed by atoms with van der Waals surface area (Å²) in [6.07, 6.45) is 0. The van der Waals surface area contributed by atoms with Crippen molar-refractivity contribution in [3.8, 4) is 11.8 Å². The molecule has 3 nitrogen and oxygen atoms in total. The smallest absolute Gasteiger partial charge is 0.156 e. The van der Waals surface area contributed by atoms with Gasteiger partial charge in [0.25, 0.3) is 0 Å². The number of rotatable bonds is 3. The van der Waals surface area contributed by atoms with Crippen LogP contribution in [0.15, 0.2) is 36.4 Å². The van der Waals surface area contributed by atoms with Crippen molar-refractivity contribution in [1.82, 2.24) is 0 Å². The highest BCUT2D eigenvalue weighted by molar-refractivity contribution is 14.1. The molecular formula is C15H13IN2O. The molecule has 0 aromatic heterocycles. The molecular weight excluding hydrogens is 351 g/mol. The van der Waals surface area contributed by atoms with E-state index < -0.39 is 0 Å². The van der Waals surface area contributed by atoms with Gasteiger partial charge < -0.3 is 10.5 Å². The van der Waals surface area contributed by atoms with Gasteiger partial charge in [0, 0.05) is 0 Å². The maximum Gasteiger partial charge on any atom is 0.156 e. The van der Waals surface area contributed by atoms with Gasteiger partial charge in [-0.3, -0.25) is 0 Å². The van der Waals surface area contributed by atoms with Crippen LogP contribution in [0.5, 0.6) is 5.75 Å². The molecule has 0 radical (unpaired) electrons. The van der Waals surface area contributed by atoms with E-state index in [1.54, 1.807) is 12.1 Å². The molecule has 0 aliphatic heterocycles. The summed E-state index contributed by atoms with van der Waals surface area (Å²) in [6, 6.07) is 13.6.